The molecule has 0 radical (unpaired) electrons. The van der Waals surface area contributed by atoms with Crippen molar-refractivity contribution in [2.45, 2.75) is 13.2 Å². The lowest BCUT2D eigenvalue weighted by Gasteiger charge is -2.34. The highest BCUT2D eigenvalue weighted by atomic mass is 35.5. The van der Waals surface area contributed by atoms with Crippen molar-refractivity contribution in [1.82, 2.24) is 15.2 Å². The molecule has 6 nitrogen and oxygen atoms in total. The molecule has 1 heterocycles. The predicted molar refractivity (Wildman–Crippen MR) is 136 cm³/mol. The Hall–Kier alpha value is -3.19. The topological polar surface area (TPSA) is 57.2 Å². The number of nitrogens with one attached hydrogen (secondary N) is 1. The van der Waals surface area contributed by atoms with E-state index in [0.717, 1.165) is 54.6 Å². The molecule has 4 rings (SSSR count). The van der Waals surface area contributed by atoms with Crippen molar-refractivity contribution >= 4 is 23.7 Å². The number of ether oxygens (including phenoxy) is 1. The first kappa shape index (κ1) is 24.0. The summed E-state index contributed by atoms with van der Waals surface area (Å²) >= 11 is 5.96. The minimum atomic E-state index is -0.112. The number of carbonyl (C=O) groups is 1. The zero-order valence-electron chi connectivity index (χ0n) is 19.1. The molecule has 3 aromatic rings. The van der Waals surface area contributed by atoms with E-state index < -0.39 is 0 Å². The van der Waals surface area contributed by atoms with Crippen LogP contribution in [0.1, 0.15) is 16.7 Å². The second kappa shape index (κ2) is 12.3. The maximum Gasteiger partial charge on any atom is 0.254 e. The third kappa shape index (κ3) is 7.70. The number of halogens is 1. The highest BCUT2D eigenvalue weighted by molar-refractivity contribution is 6.30. The largest absolute Gasteiger partial charge is 0.489 e. The summed E-state index contributed by atoms with van der Waals surface area (Å²) in [6.07, 6.45) is 1.64. The van der Waals surface area contributed by atoms with E-state index in [1.165, 1.54) is 5.56 Å². The van der Waals surface area contributed by atoms with Crippen molar-refractivity contribution in [3.8, 4) is 5.75 Å². The van der Waals surface area contributed by atoms with Gasteiger partial charge in [-0.05, 0) is 41.0 Å². The Morgan fingerprint density at radius 3 is 2.41 bits per heavy atom. The Kier molecular flexibility index (Phi) is 8.68. The molecule has 0 atom stereocenters. The number of hydrazone groups is 1. The lowest BCUT2D eigenvalue weighted by molar-refractivity contribution is -0.122. The summed E-state index contributed by atoms with van der Waals surface area (Å²) in [5.74, 6) is 0.648. The van der Waals surface area contributed by atoms with Crippen LogP contribution in [-0.4, -0.2) is 54.6 Å². The lowest BCUT2D eigenvalue weighted by Crippen LogP contribution is -2.48. The number of nitrogens with zero attached hydrogens (tertiary/aromatic N) is 3. The van der Waals surface area contributed by atoms with Gasteiger partial charge in [0.1, 0.15) is 12.4 Å². The smallest absolute Gasteiger partial charge is 0.254 e. The standard InChI is InChI=1S/C27H29ClN4O2/c28-25-11-9-22(10-12-25)19-31-13-15-32(16-14-31)20-27(33)30-29-18-24-7-4-8-26(17-24)34-21-23-5-2-1-3-6-23/h1-12,17-18H,13-16,19-21H2,(H,30,33)/b29-18+. The normalized spacial score (nSPS) is 14.9. The fourth-order valence-corrected chi connectivity index (χ4v) is 3.92. The molecule has 0 aliphatic carbocycles. The van der Waals surface area contributed by atoms with E-state index in [2.05, 4.69) is 32.5 Å². The van der Waals surface area contributed by atoms with Gasteiger partial charge < -0.3 is 4.74 Å². The van der Waals surface area contributed by atoms with Crippen LogP contribution in [0, 0.1) is 0 Å². The van der Waals surface area contributed by atoms with Gasteiger partial charge in [-0.2, -0.15) is 5.10 Å². The summed E-state index contributed by atoms with van der Waals surface area (Å²) in [4.78, 5) is 16.9. The summed E-state index contributed by atoms with van der Waals surface area (Å²) in [5, 5.41) is 4.87. The van der Waals surface area contributed by atoms with E-state index in [9.17, 15) is 4.79 Å². The Balaban J connectivity index is 1.17. The van der Waals surface area contributed by atoms with Crippen LogP contribution in [0.2, 0.25) is 5.02 Å². The van der Waals surface area contributed by atoms with Crippen LogP contribution < -0.4 is 10.2 Å². The Bertz CT molecular complexity index is 1080. The molecule has 0 saturated carbocycles. The molecule has 0 bridgehead atoms. The molecule has 1 fully saturated rings. The molecule has 7 heteroatoms. The molecule has 1 amide bonds. The fourth-order valence-electron chi connectivity index (χ4n) is 3.80. The third-order valence-electron chi connectivity index (χ3n) is 5.66. The molecule has 176 valence electrons. The van der Waals surface area contributed by atoms with Gasteiger partial charge in [-0.1, -0.05) is 66.2 Å². The molecule has 0 aromatic heterocycles. The van der Waals surface area contributed by atoms with Crippen molar-refractivity contribution < 1.29 is 9.53 Å². The molecule has 1 aliphatic heterocycles. The van der Waals surface area contributed by atoms with Crippen molar-refractivity contribution in [3.05, 3.63) is 101 Å². The number of hydrogen-bond donors (Lipinski definition) is 1. The van der Waals surface area contributed by atoms with Gasteiger partial charge in [0, 0.05) is 37.7 Å². The molecule has 34 heavy (non-hydrogen) atoms. The van der Waals surface area contributed by atoms with E-state index in [1.54, 1.807) is 6.21 Å². The molecule has 0 unspecified atom stereocenters. The average Bonchev–Trinajstić information content (AvgIpc) is 2.86. The average molecular weight is 477 g/mol. The van der Waals surface area contributed by atoms with Crippen LogP contribution in [0.3, 0.4) is 0 Å². The van der Waals surface area contributed by atoms with Crippen LogP contribution in [0.25, 0.3) is 0 Å². The van der Waals surface area contributed by atoms with Crippen LogP contribution in [0.15, 0.2) is 84.0 Å². The second-order valence-corrected chi connectivity index (χ2v) is 8.76. The number of benzene rings is 3. The minimum Gasteiger partial charge on any atom is -0.489 e. The van der Waals surface area contributed by atoms with Crippen molar-refractivity contribution in [1.29, 1.82) is 0 Å². The first-order valence-electron chi connectivity index (χ1n) is 11.4. The zero-order chi connectivity index (χ0) is 23.6. The Morgan fingerprint density at radius 2 is 1.65 bits per heavy atom. The van der Waals surface area contributed by atoms with Crippen LogP contribution >= 0.6 is 11.6 Å². The van der Waals surface area contributed by atoms with Crippen LogP contribution in [-0.2, 0) is 17.9 Å². The Morgan fingerprint density at radius 1 is 0.912 bits per heavy atom. The van der Waals surface area contributed by atoms with Crippen LogP contribution in [0.4, 0.5) is 0 Å². The van der Waals surface area contributed by atoms with E-state index in [-0.39, 0.29) is 5.91 Å². The number of hydrogen-bond acceptors (Lipinski definition) is 5. The van der Waals surface area contributed by atoms with E-state index in [4.69, 9.17) is 16.3 Å². The maximum atomic E-state index is 12.3. The number of piperazine rings is 1. The van der Waals surface area contributed by atoms with Gasteiger partial charge in [-0.3, -0.25) is 14.6 Å². The minimum absolute atomic E-state index is 0.112. The van der Waals surface area contributed by atoms with Crippen molar-refractivity contribution in [3.63, 3.8) is 0 Å². The summed E-state index contributed by atoms with van der Waals surface area (Å²) in [7, 11) is 0. The second-order valence-electron chi connectivity index (χ2n) is 8.32. The van der Waals surface area contributed by atoms with E-state index >= 15 is 0 Å². The number of amides is 1. The monoisotopic (exact) mass is 476 g/mol. The Labute approximate surface area is 205 Å². The van der Waals surface area contributed by atoms with Gasteiger partial charge in [-0.15, -0.1) is 0 Å². The first-order valence-corrected chi connectivity index (χ1v) is 11.8. The molecular formula is C27H29ClN4O2. The van der Waals surface area contributed by atoms with Gasteiger partial charge in [0.15, 0.2) is 0 Å². The molecule has 1 aliphatic rings. The number of rotatable bonds is 9. The highest BCUT2D eigenvalue weighted by Crippen LogP contribution is 2.15. The van der Waals surface area contributed by atoms with Gasteiger partial charge in [-0.25, -0.2) is 5.43 Å². The predicted octanol–water partition coefficient (Wildman–Crippen LogP) is 4.19. The highest BCUT2D eigenvalue weighted by Gasteiger charge is 2.18. The molecular weight excluding hydrogens is 448 g/mol. The van der Waals surface area contributed by atoms with E-state index in [0.29, 0.717) is 13.2 Å². The summed E-state index contributed by atoms with van der Waals surface area (Å²) < 4.78 is 5.85. The lowest BCUT2D eigenvalue weighted by atomic mass is 10.2. The van der Waals surface area contributed by atoms with Gasteiger partial charge in [0.05, 0.1) is 12.8 Å². The summed E-state index contributed by atoms with van der Waals surface area (Å²) in [6.45, 7) is 5.30. The quantitative estimate of drug-likeness (QED) is 0.371. The van der Waals surface area contributed by atoms with Crippen LogP contribution in [0.5, 0.6) is 5.75 Å². The molecule has 1 N–H and O–H groups in total. The van der Waals surface area contributed by atoms with Gasteiger partial charge in [0.2, 0.25) is 0 Å². The summed E-state index contributed by atoms with van der Waals surface area (Å²) in [6, 6.07) is 25.6. The maximum absolute atomic E-state index is 12.3. The van der Waals surface area contributed by atoms with E-state index in [1.807, 2.05) is 66.7 Å². The van der Waals surface area contributed by atoms with Gasteiger partial charge >= 0.3 is 0 Å². The zero-order valence-corrected chi connectivity index (χ0v) is 19.8. The van der Waals surface area contributed by atoms with Gasteiger partial charge in [0.25, 0.3) is 5.91 Å². The molecule has 3 aromatic carbocycles. The SMILES string of the molecule is O=C(CN1CCN(Cc2ccc(Cl)cc2)CC1)N/N=C/c1cccc(OCc2ccccc2)c1. The summed E-state index contributed by atoms with van der Waals surface area (Å²) in [5.41, 5.74) is 5.86. The molecule has 1 saturated heterocycles. The fraction of sp³-hybridized carbons (Fsp3) is 0.259. The third-order valence-corrected chi connectivity index (χ3v) is 5.91. The van der Waals surface area contributed by atoms with Crippen molar-refractivity contribution in [2.75, 3.05) is 32.7 Å². The first-order chi connectivity index (χ1) is 16.6. The number of carbonyl (C=O) groups excluding carboxylic acids is 1. The molecule has 0 spiro atoms. The van der Waals surface area contributed by atoms with Crippen molar-refractivity contribution in [2.24, 2.45) is 5.10 Å².